The van der Waals surface area contributed by atoms with Gasteiger partial charge in [0.1, 0.15) is 5.75 Å². The van der Waals surface area contributed by atoms with Crippen LogP contribution in [0.1, 0.15) is 44.1 Å². The fraction of sp³-hybridized carbons (Fsp3) is 0.625. The molecule has 1 aromatic rings. The van der Waals surface area contributed by atoms with Gasteiger partial charge in [-0.1, -0.05) is 19.1 Å². The van der Waals surface area contributed by atoms with Crippen LogP contribution in [0.15, 0.2) is 24.3 Å². The number of hydrogen-bond acceptors (Lipinski definition) is 2. The van der Waals surface area contributed by atoms with Crippen molar-refractivity contribution < 1.29 is 4.74 Å². The van der Waals surface area contributed by atoms with Crippen molar-refractivity contribution in [1.29, 1.82) is 0 Å². The second-order valence-electron chi connectivity index (χ2n) is 5.82. The van der Waals surface area contributed by atoms with Crippen molar-refractivity contribution in [3.05, 3.63) is 29.8 Å². The van der Waals surface area contributed by atoms with Crippen molar-refractivity contribution in [3.63, 3.8) is 0 Å². The van der Waals surface area contributed by atoms with E-state index in [1.54, 1.807) is 0 Å². The van der Waals surface area contributed by atoms with Crippen LogP contribution >= 0.6 is 0 Å². The molecule has 2 aliphatic carbocycles. The minimum absolute atomic E-state index is 0.495. The standard InChI is InChI=1S/C16H23NO/c1-11-15(9-10-16(11)17-2)12-3-5-13(6-4-12)18-14-7-8-14/h3-6,11,14-17H,7-10H2,1-2H3. The molecule has 98 valence electrons. The molecule has 2 fully saturated rings. The van der Waals surface area contributed by atoms with Gasteiger partial charge in [0.2, 0.25) is 0 Å². The smallest absolute Gasteiger partial charge is 0.119 e. The Kier molecular flexibility index (Phi) is 3.29. The summed E-state index contributed by atoms with van der Waals surface area (Å²) in [5.74, 6) is 2.47. The summed E-state index contributed by atoms with van der Waals surface area (Å²) >= 11 is 0. The van der Waals surface area contributed by atoms with Crippen molar-refractivity contribution in [2.24, 2.45) is 5.92 Å². The van der Waals surface area contributed by atoms with E-state index in [0.717, 1.165) is 11.7 Å². The third-order valence-corrected chi connectivity index (χ3v) is 4.56. The zero-order valence-corrected chi connectivity index (χ0v) is 11.4. The summed E-state index contributed by atoms with van der Waals surface area (Å²) in [6.07, 6.45) is 5.55. The van der Waals surface area contributed by atoms with Crippen LogP contribution in [0.25, 0.3) is 0 Å². The summed E-state index contributed by atoms with van der Waals surface area (Å²) in [7, 11) is 2.08. The first kappa shape index (κ1) is 12.0. The van der Waals surface area contributed by atoms with Crippen LogP contribution in [-0.4, -0.2) is 19.2 Å². The van der Waals surface area contributed by atoms with E-state index in [4.69, 9.17) is 4.74 Å². The average Bonchev–Trinajstić information content (AvgIpc) is 3.12. The Labute approximate surface area is 110 Å². The summed E-state index contributed by atoms with van der Waals surface area (Å²) in [5, 5.41) is 3.43. The Morgan fingerprint density at radius 1 is 1.06 bits per heavy atom. The molecule has 2 aliphatic rings. The highest BCUT2D eigenvalue weighted by Crippen LogP contribution is 2.40. The van der Waals surface area contributed by atoms with E-state index in [1.807, 2.05) is 0 Å². The first-order valence-corrected chi connectivity index (χ1v) is 7.22. The van der Waals surface area contributed by atoms with Crippen molar-refractivity contribution >= 4 is 0 Å². The first-order chi connectivity index (χ1) is 8.78. The molecule has 3 unspecified atom stereocenters. The van der Waals surface area contributed by atoms with Gasteiger partial charge >= 0.3 is 0 Å². The number of nitrogens with one attached hydrogen (secondary N) is 1. The van der Waals surface area contributed by atoms with Crippen molar-refractivity contribution in [1.82, 2.24) is 5.32 Å². The lowest BCUT2D eigenvalue weighted by atomic mass is 9.89. The maximum absolute atomic E-state index is 5.80. The van der Waals surface area contributed by atoms with Crippen LogP contribution in [0.3, 0.4) is 0 Å². The quantitative estimate of drug-likeness (QED) is 0.878. The average molecular weight is 245 g/mol. The van der Waals surface area contributed by atoms with Crippen molar-refractivity contribution in [2.75, 3.05) is 7.05 Å². The second kappa shape index (κ2) is 4.93. The van der Waals surface area contributed by atoms with Gasteiger partial charge in [-0.2, -0.15) is 0 Å². The van der Waals surface area contributed by atoms with Crippen LogP contribution in [0, 0.1) is 5.92 Å². The van der Waals surface area contributed by atoms with E-state index < -0.39 is 0 Å². The van der Waals surface area contributed by atoms with Gasteiger partial charge in [0.15, 0.2) is 0 Å². The van der Waals surface area contributed by atoms with Crippen LogP contribution in [0.4, 0.5) is 0 Å². The van der Waals surface area contributed by atoms with Crippen molar-refractivity contribution in [3.8, 4) is 5.75 Å². The Bertz CT molecular complexity index is 396. The number of hydrogen-bond donors (Lipinski definition) is 1. The molecule has 1 N–H and O–H groups in total. The molecule has 2 saturated carbocycles. The molecular weight excluding hydrogens is 222 g/mol. The van der Waals surface area contributed by atoms with Crippen LogP contribution in [-0.2, 0) is 0 Å². The molecule has 2 nitrogen and oxygen atoms in total. The van der Waals surface area contributed by atoms with Gasteiger partial charge in [0.05, 0.1) is 6.10 Å². The Balaban J connectivity index is 1.68. The van der Waals surface area contributed by atoms with Crippen molar-refractivity contribution in [2.45, 2.75) is 50.7 Å². The third-order valence-electron chi connectivity index (χ3n) is 4.56. The van der Waals surface area contributed by atoms with E-state index in [0.29, 0.717) is 18.1 Å². The third kappa shape index (κ3) is 2.39. The molecule has 0 aromatic heterocycles. The highest BCUT2D eigenvalue weighted by Gasteiger charge is 2.32. The molecule has 0 aliphatic heterocycles. The molecule has 0 radical (unpaired) electrons. The molecule has 18 heavy (non-hydrogen) atoms. The monoisotopic (exact) mass is 245 g/mol. The molecule has 2 heteroatoms. The molecule has 1 aromatic carbocycles. The van der Waals surface area contributed by atoms with E-state index in [1.165, 1.54) is 31.2 Å². The summed E-state index contributed by atoms with van der Waals surface area (Å²) in [6.45, 7) is 2.37. The van der Waals surface area contributed by atoms with Gasteiger partial charge in [0.25, 0.3) is 0 Å². The van der Waals surface area contributed by atoms with E-state index in [-0.39, 0.29) is 0 Å². The van der Waals surface area contributed by atoms with Gasteiger partial charge in [-0.05, 0) is 62.3 Å². The van der Waals surface area contributed by atoms with Gasteiger partial charge < -0.3 is 10.1 Å². The summed E-state index contributed by atoms with van der Waals surface area (Å²) in [6, 6.07) is 9.49. The van der Waals surface area contributed by atoms with Crippen LogP contribution < -0.4 is 10.1 Å². The predicted molar refractivity (Wildman–Crippen MR) is 74.1 cm³/mol. The summed E-state index contributed by atoms with van der Waals surface area (Å²) < 4.78 is 5.80. The van der Waals surface area contributed by atoms with Crippen LogP contribution in [0.2, 0.25) is 0 Å². The number of rotatable bonds is 4. The Morgan fingerprint density at radius 3 is 2.33 bits per heavy atom. The molecule has 3 atom stereocenters. The lowest BCUT2D eigenvalue weighted by Crippen LogP contribution is -2.28. The zero-order chi connectivity index (χ0) is 12.5. The number of ether oxygens (including phenoxy) is 1. The van der Waals surface area contributed by atoms with Crippen LogP contribution in [0.5, 0.6) is 5.75 Å². The molecular formula is C16H23NO. The molecule has 0 saturated heterocycles. The summed E-state index contributed by atoms with van der Waals surface area (Å²) in [5.41, 5.74) is 1.48. The fourth-order valence-electron chi connectivity index (χ4n) is 3.21. The Morgan fingerprint density at radius 2 is 1.78 bits per heavy atom. The van der Waals surface area contributed by atoms with Gasteiger partial charge in [0, 0.05) is 6.04 Å². The first-order valence-electron chi connectivity index (χ1n) is 7.22. The zero-order valence-electron chi connectivity index (χ0n) is 11.4. The summed E-state index contributed by atoms with van der Waals surface area (Å²) in [4.78, 5) is 0. The molecule has 0 bridgehead atoms. The van der Waals surface area contributed by atoms with Gasteiger partial charge in [-0.25, -0.2) is 0 Å². The normalized spacial score (nSPS) is 31.6. The Hall–Kier alpha value is -1.02. The highest BCUT2D eigenvalue weighted by molar-refractivity contribution is 5.31. The largest absolute Gasteiger partial charge is 0.490 e. The lowest BCUT2D eigenvalue weighted by molar-refractivity contribution is 0.303. The topological polar surface area (TPSA) is 21.3 Å². The molecule has 0 amide bonds. The molecule has 0 heterocycles. The van der Waals surface area contributed by atoms with E-state index >= 15 is 0 Å². The number of benzene rings is 1. The molecule has 3 rings (SSSR count). The van der Waals surface area contributed by atoms with Gasteiger partial charge in [-0.3, -0.25) is 0 Å². The SMILES string of the molecule is CNC1CCC(c2ccc(OC3CC3)cc2)C1C. The van der Waals surface area contributed by atoms with E-state index in [9.17, 15) is 0 Å². The minimum Gasteiger partial charge on any atom is -0.490 e. The maximum atomic E-state index is 5.80. The fourth-order valence-corrected chi connectivity index (χ4v) is 3.21. The highest BCUT2D eigenvalue weighted by atomic mass is 16.5. The van der Waals surface area contributed by atoms with E-state index in [2.05, 4.69) is 43.6 Å². The maximum Gasteiger partial charge on any atom is 0.119 e. The predicted octanol–water partition coefficient (Wildman–Crippen LogP) is 3.33. The lowest BCUT2D eigenvalue weighted by Gasteiger charge is -2.20. The molecule has 0 spiro atoms. The second-order valence-corrected chi connectivity index (χ2v) is 5.82. The minimum atomic E-state index is 0.495. The van der Waals surface area contributed by atoms with Gasteiger partial charge in [-0.15, -0.1) is 0 Å².